The molecule has 0 atom stereocenters. The lowest BCUT2D eigenvalue weighted by atomic mass is 10.2. The van der Waals surface area contributed by atoms with Gasteiger partial charge in [-0.3, -0.25) is 14.5 Å². The normalized spacial score (nSPS) is 14.6. The van der Waals surface area contributed by atoms with E-state index in [1.165, 1.54) is 23.5 Å². The minimum absolute atomic E-state index is 0.0879. The van der Waals surface area contributed by atoms with Crippen molar-refractivity contribution < 1.29 is 13.9 Å². The van der Waals surface area contributed by atoms with Crippen LogP contribution in [-0.4, -0.2) is 52.3 Å². The molecule has 0 saturated carbocycles. The van der Waals surface area contributed by atoms with Crippen LogP contribution in [0.25, 0.3) is 20.7 Å². The summed E-state index contributed by atoms with van der Waals surface area (Å²) in [7, 11) is 0. The molecule has 1 fully saturated rings. The first kappa shape index (κ1) is 21.5. The van der Waals surface area contributed by atoms with Crippen LogP contribution < -0.4 is 16.2 Å². The number of anilines is 1. The lowest BCUT2D eigenvalue weighted by Crippen LogP contribution is -2.39. The summed E-state index contributed by atoms with van der Waals surface area (Å²) in [6.07, 6.45) is 5.00. The van der Waals surface area contributed by atoms with E-state index >= 15 is 0 Å². The standard InChI is InChI=1S/C23H22FN5O3S/c24-17-11-16(25)1-2-19(17)32-20-3-4-26-18-12-21(33-22(18)20)15-13-27-23(30)29(14-15)6-5-28-7-9-31-10-8-28/h1-4,11-14H,5-10,25H2. The van der Waals surface area contributed by atoms with Crippen LogP contribution in [0, 0.1) is 5.82 Å². The van der Waals surface area contributed by atoms with Crippen LogP contribution in [-0.2, 0) is 11.3 Å². The second kappa shape index (κ2) is 9.26. The fourth-order valence-electron chi connectivity index (χ4n) is 3.67. The maximum Gasteiger partial charge on any atom is 0.347 e. The Bertz CT molecular complexity index is 1350. The van der Waals surface area contributed by atoms with Crippen molar-refractivity contribution >= 4 is 27.2 Å². The fraction of sp³-hybridized carbons (Fsp3) is 0.261. The van der Waals surface area contributed by atoms with Gasteiger partial charge in [-0.05, 0) is 18.2 Å². The predicted octanol–water partition coefficient (Wildman–Crippen LogP) is 3.37. The third-order valence-electron chi connectivity index (χ3n) is 5.45. The van der Waals surface area contributed by atoms with Crippen LogP contribution >= 0.6 is 11.3 Å². The molecule has 1 aliphatic rings. The molecule has 5 rings (SSSR count). The van der Waals surface area contributed by atoms with Crippen molar-refractivity contribution in [3.05, 3.63) is 65.2 Å². The number of nitrogen functional groups attached to an aromatic ring is 1. The monoisotopic (exact) mass is 467 g/mol. The molecule has 0 spiro atoms. The van der Waals surface area contributed by atoms with E-state index in [2.05, 4.69) is 14.9 Å². The number of hydrogen-bond donors (Lipinski definition) is 1. The lowest BCUT2D eigenvalue weighted by molar-refractivity contribution is 0.0362. The zero-order valence-electron chi connectivity index (χ0n) is 17.7. The summed E-state index contributed by atoms with van der Waals surface area (Å²) in [6, 6.07) is 7.92. The Hall–Kier alpha value is -3.34. The maximum atomic E-state index is 14.2. The van der Waals surface area contributed by atoms with Gasteiger partial charge in [0.05, 0.1) is 23.4 Å². The van der Waals surface area contributed by atoms with Gasteiger partial charge in [-0.25, -0.2) is 14.2 Å². The van der Waals surface area contributed by atoms with E-state index in [0.29, 0.717) is 31.2 Å². The number of aromatic nitrogens is 3. The molecule has 3 aromatic heterocycles. The first-order valence-electron chi connectivity index (χ1n) is 10.6. The third kappa shape index (κ3) is 4.72. The quantitative estimate of drug-likeness (QED) is 0.435. The number of pyridine rings is 1. The van der Waals surface area contributed by atoms with Crippen molar-refractivity contribution in [3.8, 4) is 21.9 Å². The summed E-state index contributed by atoms with van der Waals surface area (Å²) in [5.41, 5.74) is 7.20. The Morgan fingerprint density at radius 1 is 1.12 bits per heavy atom. The maximum absolute atomic E-state index is 14.2. The molecule has 1 aliphatic heterocycles. The molecule has 8 nitrogen and oxygen atoms in total. The van der Waals surface area contributed by atoms with Crippen molar-refractivity contribution in [3.63, 3.8) is 0 Å². The number of morpholine rings is 1. The number of benzene rings is 1. The van der Waals surface area contributed by atoms with Crippen LogP contribution in [0.1, 0.15) is 0 Å². The van der Waals surface area contributed by atoms with E-state index in [1.807, 2.05) is 12.3 Å². The van der Waals surface area contributed by atoms with Gasteiger partial charge in [0, 0.05) is 73.0 Å². The SMILES string of the molecule is Nc1ccc(Oc2ccnc3cc(-c4cnc(=O)n(CCN5CCOCC5)c4)sc23)c(F)c1. The molecule has 4 heterocycles. The van der Waals surface area contributed by atoms with Crippen LogP contribution in [0.3, 0.4) is 0 Å². The molecule has 0 amide bonds. The largest absolute Gasteiger partial charge is 0.453 e. The number of halogens is 1. The molecule has 0 radical (unpaired) electrons. The first-order valence-corrected chi connectivity index (χ1v) is 11.4. The number of thiophene rings is 1. The second-order valence-electron chi connectivity index (χ2n) is 7.70. The Balaban J connectivity index is 1.42. The molecule has 170 valence electrons. The second-order valence-corrected chi connectivity index (χ2v) is 8.75. The molecule has 33 heavy (non-hydrogen) atoms. The number of nitrogens with zero attached hydrogens (tertiary/aromatic N) is 4. The molecule has 0 bridgehead atoms. The van der Waals surface area contributed by atoms with Crippen molar-refractivity contribution in [2.75, 3.05) is 38.6 Å². The molecule has 0 aliphatic carbocycles. The van der Waals surface area contributed by atoms with Crippen LogP contribution in [0.4, 0.5) is 10.1 Å². The minimum Gasteiger partial charge on any atom is -0.453 e. The summed E-state index contributed by atoms with van der Waals surface area (Å²) in [5.74, 6) is 0.0479. The zero-order chi connectivity index (χ0) is 22.8. The van der Waals surface area contributed by atoms with Crippen molar-refractivity contribution in [2.24, 2.45) is 0 Å². The lowest BCUT2D eigenvalue weighted by Gasteiger charge is -2.26. The van der Waals surface area contributed by atoms with Gasteiger partial charge in [0.25, 0.3) is 0 Å². The van der Waals surface area contributed by atoms with E-state index in [4.69, 9.17) is 15.2 Å². The fourth-order valence-corrected chi connectivity index (χ4v) is 4.71. The van der Waals surface area contributed by atoms with Gasteiger partial charge in [-0.2, -0.15) is 0 Å². The summed E-state index contributed by atoms with van der Waals surface area (Å²) in [5, 5.41) is 0. The van der Waals surface area contributed by atoms with Crippen molar-refractivity contribution in [1.29, 1.82) is 0 Å². The Morgan fingerprint density at radius 3 is 2.79 bits per heavy atom. The number of nitrogens with two attached hydrogens (primary N) is 1. The highest BCUT2D eigenvalue weighted by atomic mass is 32.1. The number of rotatable bonds is 6. The Morgan fingerprint density at radius 2 is 1.97 bits per heavy atom. The highest BCUT2D eigenvalue weighted by Gasteiger charge is 2.15. The van der Waals surface area contributed by atoms with Crippen LogP contribution in [0.5, 0.6) is 11.5 Å². The Labute approximate surface area is 193 Å². The third-order valence-corrected chi connectivity index (χ3v) is 6.64. The summed E-state index contributed by atoms with van der Waals surface area (Å²) in [6.45, 7) is 4.46. The van der Waals surface area contributed by atoms with E-state index in [9.17, 15) is 9.18 Å². The smallest absolute Gasteiger partial charge is 0.347 e. The molecular formula is C23H22FN5O3S. The van der Waals surface area contributed by atoms with Crippen LogP contribution in [0.15, 0.2) is 53.7 Å². The average Bonchev–Trinajstić information content (AvgIpc) is 3.26. The van der Waals surface area contributed by atoms with Crippen molar-refractivity contribution in [1.82, 2.24) is 19.4 Å². The van der Waals surface area contributed by atoms with E-state index in [1.54, 1.807) is 29.1 Å². The molecule has 2 N–H and O–H groups in total. The summed E-state index contributed by atoms with van der Waals surface area (Å²) < 4.78 is 27.8. The number of ether oxygens (including phenoxy) is 2. The van der Waals surface area contributed by atoms with Crippen LogP contribution in [0.2, 0.25) is 0 Å². The molecule has 0 unspecified atom stereocenters. The molecule has 10 heteroatoms. The average molecular weight is 468 g/mol. The number of fused-ring (bicyclic) bond motifs is 1. The number of hydrogen-bond acceptors (Lipinski definition) is 8. The van der Waals surface area contributed by atoms with Gasteiger partial charge in [0.15, 0.2) is 11.6 Å². The van der Waals surface area contributed by atoms with Gasteiger partial charge < -0.3 is 15.2 Å². The molecule has 1 saturated heterocycles. The zero-order valence-corrected chi connectivity index (χ0v) is 18.6. The molecular weight excluding hydrogens is 445 g/mol. The minimum atomic E-state index is -0.534. The Kier molecular flexibility index (Phi) is 6.03. The van der Waals surface area contributed by atoms with Gasteiger partial charge in [-0.1, -0.05) is 0 Å². The highest BCUT2D eigenvalue weighted by molar-refractivity contribution is 7.22. The molecule has 4 aromatic rings. The van der Waals surface area contributed by atoms with Gasteiger partial charge in [0.1, 0.15) is 5.75 Å². The van der Waals surface area contributed by atoms with E-state index < -0.39 is 5.82 Å². The van der Waals surface area contributed by atoms with E-state index in [0.717, 1.165) is 40.3 Å². The molecule has 1 aromatic carbocycles. The van der Waals surface area contributed by atoms with Gasteiger partial charge in [-0.15, -0.1) is 11.3 Å². The van der Waals surface area contributed by atoms with Gasteiger partial charge >= 0.3 is 5.69 Å². The summed E-state index contributed by atoms with van der Waals surface area (Å²) >= 11 is 1.45. The van der Waals surface area contributed by atoms with Crippen molar-refractivity contribution in [2.45, 2.75) is 6.54 Å². The van der Waals surface area contributed by atoms with E-state index in [-0.39, 0.29) is 11.4 Å². The topological polar surface area (TPSA) is 95.5 Å². The first-order chi connectivity index (χ1) is 16.1. The highest BCUT2D eigenvalue weighted by Crippen LogP contribution is 2.39. The predicted molar refractivity (Wildman–Crippen MR) is 125 cm³/mol. The summed E-state index contributed by atoms with van der Waals surface area (Å²) in [4.78, 5) is 23.9. The van der Waals surface area contributed by atoms with Gasteiger partial charge in [0.2, 0.25) is 0 Å².